The van der Waals surface area contributed by atoms with E-state index in [-0.39, 0.29) is 18.6 Å². The van der Waals surface area contributed by atoms with Crippen LogP contribution in [0.3, 0.4) is 0 Å². The first-order chi connectivity index (χ1) is 13.0. The van der Waals surface area contributed by atoms with Gasteiger partial charge in [-0.1, -0.05) is 12.1 Å². The summed E-state index contributed by atoms with van der Waals surface area (Å²) in [7, 11) is 1.75. The van der Waals surface area contributed by atoms with E-state index in [9.17, 15) is 9.59 Å². The van der Waals surface area contributed by atoms with Crippen molar-refractivity contribution in [2.75, 3.05) is 52.9 Å². The van der Waals surface area contributed by atoms with Gasteiger partial charge in [0.25, 0.3) is 5.91 Å². The largest absolute Gasteiger partial charge is 0.480 e. The van der Waals surface area contributed by atoms with Crippen molar-refractivity contribution in [2.24, 2.45) is 0 Å². The van der Waals surface area contributed by atoms with Gasteiger partial charge in [0, 0.05) is 31.7 Å². The average Bonchev–Trinajstić information content (AvgIpc) is 3.14. The van der Waals surface area contributed by atoms with Gasteiger partial charge >= 0.3 is 5.97 Å². The lowest BCUT2D eigenvalue weighted by atomic mass is 10.1. The number of hydrogen-bond acceptors (Lipinski definition) is 5. The van der Waals surface area contributed by atoms with Crippen LogP contribution in [0.5, 0.6) is 0 Å². The number of rotatable bonds is 7. The molecule has 1 aromatic carbocycles. The summed E-state index contributed by atoms with van der Waals surface area (Å²) in [5.41, 5.74) is 1.89. The van der Waals surface area contributed by atoms with Gasteiger partial charge in [-0.05, 0) is 50.7 Å². The van der Waals surface area contributed by atoms with Crippen molar-refractivity contribution in [3.05, 3.63) is 35.4 Å². The van der Waals surface area contributed by atoms with Crippen molar-refractivity contribution in [3.8, 4) is 0 Å². The molecule has 0 radical (unpaired) electrons. The normalized spacial score (nSPS) is 21.0. The fourth-order valence-corrected chi connectivity index (χ4v) is 3.84. The number of nitrogens with zero attached hydrogens (tertiary/aromatic N) is 3. The Labute approximate surface area is 160 Å². The minimum absolute atomic E-state index is 0.0208. The second kappa shape index (κ2) is 9.30. The third-order valence-electron chi connectivity index (χ3n) is 5.13. The summed E-state index contributed by atoms with van der Waals surface area (Å²) in [6.07, 6.45) is 2.34. The highest BCUT2D eigenvalue weighted by atomic mass is 16.5. The molecule has 27 heavy (non-hydrogen) atoms. The van der Waals surface area contributed by atoms with Crippen LogP contribution in [0.1, 0.15) is 28.8 Å². The number of carboxylic acid groups (broad SMARTS) is 1. The Hall–Kier alpha value is -1.96. The average molecular weight is 375 g/mol. The van der Waals surface area contributed by atoms with Gasteiger partial charge in [-0.15, -0.1) is 0 Å². The van der Waals surface area contributed by atoms with Gasteiger partial charge in [-0.3, -0.25) is 19.4 Å². The van der Waals surface area contributed by atoms with Gasteiger partial charge in [-0.2, -0.15) is 0 Å². The highest BCUT2D eigenvalue weighted by Gasteiger charge is 2.26. The van der Waals surface area contributed by atoms with Gasteiger partial charge in [0.1, 0.15) is 0 Å². The summed E-state index contributed by atoms with van der Waals surface area (Å²) in [5, 5.41) is 8.88. The molecule has 2 aliphatic rings. The van der Waals surface area contributed by atoms with Crippen molar-refractivity contribution in [1.82, 2.24) is 14.7 Å². The molecule has 2 aliphatic heterocycles. The van der Waals surface area contributed by atoms with Crippen LogP contribution in [-0.2, 0) is 16.1 Å². The van der Waals surface area contributed by atoms with E-state index in [0.717, 1.165) is 19.6 Å². The van der Waals surface area contributed by atoms with Crippen molar-refractivity contribution >= 4 is 11.9 Å². The fourth-order valence-electron chi connectivity index (χ4n) is 3.84. The second-order valence-corrected chi connectivity index (χ2v) is 7.52. The monoisotopic (exact) mass is 375 g/mol. The summed E-state index contributed by atoms with van der Waals surface area (Å²) in [6.45, 7) is 5.14. The van der Waals surface area contributed by atoms with Crippen LogP contribution in [0.15, 0.2) is 24.3 Å². The van der Waals surface area contributed by atoms with Crippen LogP contribution in [0.25, 0.3) is 0 Å². The highest BCUT2D eigenvalue weighted by Crippen LogP contribution is 2.16. The molecule has 7 nitrogen and oxygen atoms in total. The Morgan fingerprint density at radius 3 is 2.78 bits per heavy atom. The Kier molecular flexibility index (Phi) is 6.82. The minimum atomic E-state index is -0.865. The van der Waals surface area contributed by atoms with E-state index in [1.165, 1.54) is 18.4 Å². The molecular weight excluding hydrogens is 346 g/mol. The van der Waals surface area contributed by atoms with E-state index < -0.39 is 5.97 Å². The standard InChI is InChI=1S/C20H29N3O4/c1-21(15-19(24)25)13-18-14-23(9-10-27-18)20(26)17-6-4-5-16(11-17)12-22-7-2-3-8-22/h4-6,11,18H,2-3,7-10,12-15H2,1H3,(H,24,25). The van der Waals surface area contributed by atoms with Gasteiger partial charge in [-0.25, -0.2) is 0 Å². The number of hydrogen-bond donors (Lipinski definition) is 1. The number of carbonyl (C=O) groups is 2. The van der Waals surface area contributed by atoms with E-state index in [1.54, 1.807) is 11.9 Å². The molecule has 2 fully saturated rings. The first-order valence-corrected chi connectivity index (χ1v) is 9.64. The smallest absolute Gasteiger partial charge is 0.317 e. The van der Waals surface area contributed by atoms with Crippen molar-refractivity contribution in [2.45, 2.75) is 25.5 Å². The van der Waals surface area contributed by atoms with Gasteiger partial charge in [0.05, 0.1) is 19.3 Å². The number of likely N-dealkylation sites (tertiary alicyclic amines) is 1. The molecule has 0 spiro atoms. The first kappa shape index (κ1) is 19.8. The van der Waals surface area contributed by atoms with Crippen molar-refractivity contribution in [1.29, 1.82) is 0 Å². The maximum Gasteiger partial charge on any atom is 0.317 e. The quantitative estimate of drug-likeness (QED) is 0.771. The molecule has 0 aromatic heterocycles. The number of carbonyl (C=O) groups excluding carboxylic acids is 1. The summed E-state index contributed by atoms with van der Waals surface area (Å²) < 4.78 is 5.72. The zero-order chi connectivity index (χ0) is 19.2. The number of carboxylic acids is 1. The summed E-state index contributed by atoms with van der Waals surface area (Å²) in [4.78, 5) is 29.7. The maximum atomic E-state index is 12.9. The summed E-state index contributed by atoms with van der Waals surface area (Å²) in [6, 6.07) is 7.91. The second-order valence-electron chi connectivity index (χ2n) is 7.52. The topological polar surface area (TPSA) is 73.3 Å². The number of amides is 1. The molecule has 0 saturated carbocycles. The predicted molar refractivity (Wildman–Crippen MR) is 102 cm³/mol. The van der Waals surface area contributed by atoms with Crippen LogP contribution in [0.2, 0.25) is 0 Å². The maximum absolute atomic E-state index is 12.9. The minimum Gasteiger partial charge on any atom is -0.480 e. The highest BCUT2D eigenvalue weighted by molar-refractivity contribution is 5.94. The lowest BCUT2D eigenvalue weighted by Crippen LogP contribution is -2.49. The first-order valence-electron chi connectivity index (χ1n) is 9.64. The molecule has 1 aromatic rings. The van der Waals surface area contributed by atoms with Crippen LogP contribution in [0, 0.1) is 0 Å². The van der Waals surface area contributed by atoms with E-state index in [2.05, 4.69) is 11.0 Å². The molecule has 1 amide bonds. The Balaban J connectivity index is 1.58. The SMILES string of the molecule is CN(CC(=O)O)CC1CN(C(=O)c2cccc(CN3CCCC3)c2)CCO1. The molecule has 1 atom stereocenters. The fraction of sp³-hybridized carbons (Fsp3) is 0.600. The summed E-state index contributed by atoms with van der Waals surface area (Å²) in [5.74, 6) is -0.844. The van der Waals surface area contributed by atoms with Crippen molar-refractivity contribution in [3.63, 3.8) is 0 Å². The van der Waals surface area contributed by atoms with E-state index in [0.29, 0.717) is 31.8 Å². The molecule has 7 heteroatoms. The number of likely N-dealkylation sites (N-methyl/N-ethyl adjacent to an activating group) is 1. The molecule has 3 rings (SSSR count). The molecule has 148 valence electrons. The van der Waals surface area contributed by atoms with Crippen LogP contribution < -0.4 is 0 Å². The Morgan fingerprint density at radius 1 is 1.26 bits per heavy atom. The third-order valence-corrected chi connectivity index (χ3v) is 5.13. The van der Waals surface area contributed by atoms with Crippen LogP contribution in [0.4, 0.5) is 0 Å². The van der Waals surface area contributed by atoms with E-state index in [1.807, 2.05) is 23.1 Å². The number of benzene rings is 1. The van der Waals surface area contributed by atoms with Gasteiger partial charge in [0.2, 0.25) is 0 Å². The zero-order valence-electron chi connectivity index (χ0n) is 16.0. The lowest BCUT2D eigenvalue weighted by Gasteiger charge is -2.34. The Morgan fingerprint density at radius 2 is 2.04 bits per heavy atom. The van der Waals surface area contributed by atoms with Crippen LogP contribution in [-0.4, -0.2) is 90.7 Å². The lowest BCUT2D eigenvalue weighted by molar-refractivity contribution is -0.138. The van der Waals surface area contributed by atoms with Gasteiger partial charge < -0.3 is 14.7 Å². The van der Waals surface area contributed by atoms with Crippen LogP contribution >= 0.6 is 0 Å². The van der Waals surface area contributed by atoms with Crippen molar-refractivity contribution < 1.29 is 19.4 Å². The zero-order valence-corrected chi connectivity index (χ0v) is 16.0. The molecule has 1 unspecified atom stereocenters. The predicted octanol–water partition coefficient (Wildman–Crippen LogP) is 1.14. The molecule has 0 aliphatic carbocycles. The molecule has 0 bridgehead atoms. The summed E-state index contributed by atoms with van der Waals surface area (Å²) >= 11 is 0. The molecule has 2 heterocycles. The molecule has 2 saturated heterocycles. The number of aliphatic carboxylic acids is 1. The van der Waals surface area contributed by atoms with E-state index >= 15 is 0 Å². The number of ether oxygens (including phenoxy) is 1. The Bertz CT molecular complexity index is 660. The number of morpholine rings is 1. The van der Waals surface area contributed by atoms with Gasteiger partial charge in [0.15, 0.2) is 0 Å². The van der Waals surface area contributed by atoms with E-state index in [4.69, 9.17) is 9.84 Å². The third kappa shape index (κ3) is 5.76. The molecular formula is C20H29N3O4. The molecule has 1 N–H and O–H groups in total.